The molecule has 1 heterocycles. The lowest BCUT2D eigenvalue weighted by atomic mass is 10.0. The molecule has 0 saturated carbocycles. The second-order valence-corrected chi connectivity index (χ2v) is 7.18. The van der Waals surface area contributed by atoms with Gasteiger partial charge in [-0.3, -0.25) is 9.69 Å². The number of amides is 1. The number of carbonyl (C=O) groups excluding carboxylic acids is 2. The van der Waals surface area contributed by atoms with Crippen LogP contribution in [-0.4, -0.2) is 50.1 Å². The lowest BCUT2D eigenvalue weighted by molar-refractivity contribution is -0.145. The van der Waals surface area contributed by atoms with Crippen molar-refractivity contribution in [2.24, 2.45) is 5.92 Å². The number of rotatable bonds is 8. The maximum atomic E-state index is 12.5. The van der Waals surface area contributed by atoms with Crippen LogP contribution in [0.15, 0.2) is 24.3 Å². The fourth-order valence-corrected chi connectivity index (χ4v) is 3.49. The van der Waals surface area contributed by atoms with Crippen molar-refractivity contribution >= 4 is 11.9 Å². The van der Waals surface area contributed by atoms with Crippen molar-refractivity contribution in [3.05, 3.63) is 29.8 Å². The maximum Gasteiger partial charge on any atom is 0.328 e. The molecular weight excluding hydrogens is 332 g/mol. The van der Waals surface area contributed by atoms with Gasteiger partial charge in [-0.05, 0) is 49.4 Å². The summed E-state index contributed by atoms with van der Waals surface area (Å²) in [5.41, 5.74) is 1.15. The third kappa shape index (κ3) is 5.46. The van der Waals surface area contributed by atoms with Crippen molar-refractivity contribution in [2.45, 2.75) is 45.2 Å². The number of hydrogen-bond acceptors (Lipinski definition) is 5. The molecule has 1 N–H and O–H groups in total. The molecule has 1 aromatic rings. The van der Waals surface area contributed by atoms with Crippen molar-refractivity contribution in [1.82, 2.24) is 10.2 Å². The van der Waals surface area contributed by atoms with E-state index in [4.69, 9.17) is 9.47 Å². The van der Waals surface area contributed by atoms with Crippen molar-refractivity contribution in [2.75, 3.05) is 27.3 Å². The van der Waals surface area contributed by atoms with Crippen LogP contribution in [0.1, 0.15) is 44.7 Å². The van der Waals surface area contributed by atoms with Crippen molar-refractivity contribution in [3.63, 3.8) is 0 Å². The lowest BCUT2D eigenvalue weighted by Gasteiger charge is -2.26. The molecule has 2 atom stereocenters. The first-order valence-corrected chi connectivity index (χ1v) is 9.19. The smallest absolute Gasteiger partial charge is 0.328 e. The van der Waals surface area contributed by atoms with Crippen LogP contribution < -0.4 is 10.1 Å². The largest absolute Gasteiger partial charge is 0.497 e. The number of esters is 1. The average molecular weight is 362 g/mol. The van der Waals surface area contributed by atoms with E-state index in [1.807, 2.05) is 32.0 Å². The second-order valence-electron chi connectivity index (χ2n) is 7.18. The zero-order valence-electron chi connectivity index (χ0n) is 16.2. The van der Waals surface area contributed by atoms with Gasteiger partial charge in [0.25, 0.3) is 0 Å². The summed E-state index contributed by atoms with van der Waals surface area (Å²) >= 11 is 0. The number of benzene rings is 1. The summed E-state index contributed by atoms with van der Waals surface area (Å²) in [7, 11) is 3.00. The highest BCUT2D eigenvalue weighted by atomic mass is 16.5. The molecule has 0 aliphatic carbocycles. The fraction of sp³-hybridized carbons (Fsp3) is 0.600. The molecule has 144 valence electrons. The third-order valence-corrected chi connectivity index (χ3v) is 4.72. The van der Waals surface area contributed by atoms with Gasteiger partial charge in [-0.1, -0.05) is 26.0 Å². The van der Waals surface area contributed by atoms with Gasteiger partial charge in [0.1, 0.15) is 11.8 Å². The highest BCUT2D eigenvalue weighted by molar-refractivity contribution is 5.85. The predicted molar refractivity (Wildman–Crippen MR) is 99.9 cm³/mol. The highest BCUT2D eigenvalue weighted by Gasteiger charge is 2.29. The Labute approximate surface area is 155 Å². The van der Waals surface area contributed by atoms with Crippen LogP contribution in [0.2, 0.25) is 0 Å². The lowest BCUT2D eigenvalue weighted by Crippen LogP contribution is -2.46. The molecule has 1 aliphatic rings. The molecule has 0 spiro atoms. The molecule has 2 unspecified atom stereocenters. The summed E-state index contributed by atoms with van der Waals surface area (Å²) in [5.74, 6) is 0.575. The van der Waals surface area contributed by atoms with Crippen LogP contribution >= 0.6 is 0 Å². The van der Waals surface area contributed by atoms with Gasteiger partial charge in [0.05, 0.1) is 20.8 Å². The van der Waals surface area contributed by atoms with E-state index >= 15 is 0 Å². The quantitative estimate of drug-likeness (QED) is 0.720. The number of likely N-dealkylation sites (tertiary alicyclic amines) is 1. The Hall–Kier alpha value is -2.08. The van der Waals surface area contributed by atoms with E-state index in [9.17, 15) is 9.59 Å². The molecule has 26 heavy (non-hydrogen) atoms. The molecular formula is C20H30N2O4. The number of carbonyl (C=O) groups is 2. The van der Waals surface area contributed by atoms with Gasteiger partial charge in [0.15, 0.2) is 0 Å². The third-order valence-electron chi connectivity index (χ3n) is 4.72. The van der Waals surface area contributed by atoms with Crippen LogP contribution in [0.5, 0.6) is 5.75 Å². The van der Waals surface area contributed by atoms with E-state index in [1.54, 1.807) is 7.11 Å². The molecule has 1 amide bonds. The molecule has 6 nitrogen and oxygen atoms in total. The predicted octanol–water partition coefficient (Wildman–Crippen LogP) is 2.54. The van der Waals surface area contributed by atoms with E-state index in [0.717, 1.165) is 30.7 Å². The molecule has 0 bridgehead atoms. The van der Waals surface area contributed by atoms with Crippen LogP contribution in [0, 0.1) is 5.92 Å². The van der Waals surface area contributed by atoms with Gasteiger partial charge in [-0.25, -0.2) is 4.79 Å². The minimum atomic E-state index is -0.592. The van der Waals surface area contributed by atoms with Crippen LogP contribution in [-0.2, 0) is 14.3 Å². The molecule has 0 aromatic heterocycles. The van der Waals surface area contributed by atoms with Crippen LogP contribution in [0.25, 0.3) is 0 Å². The fourth-order valence-electron chi connectivity index (χ4n) is 3.49. The minimum Gasteiger partial charge on any atom is -0.497 e. The molecule has 1 aromatic carbocycles. The Morgan fingerprint density at radius 3 is 2.73 bits per heavy atom. The first kappa shape index (κ1) is 20.2. The first-order chi connectivity index (χ1) is 12.4. The summed E-state index contributed by atoms with van der Waals surface area (Å²) in [6.45, 7) is 5.17. The van der Waals surface area contributed by atoms with Crippen LogP contribution in [0.3, 0.4) is 0 Å². The summed E-state index contributed by atoms with van der Waals surface area (Å²) in [6, 6.07) is 7.59. The number of ether oxygens (including phenoxy) is 2. The van der Waals surface area contributed by atoms with Crippen molar-refractivity contribution in [3.8, 4) is 5.75 Å². The van der Waals surface area contributed by atoms with E-state index < -0.39 is 12.0 Å². The Balaban J connectivity index is 2.01. The summed E-state index contributed by atoms with van der Waals surface area (Å²) in [6.07, 6.45) is 2.62. The van der Waals surface area contributed by atoms with Crippen molar-refractivity contribution in [1.29, 1.82) is 0 Å². The zero-order chi connectivity index (χ0) is 19.1. The summed E-state index contributed by atoms with van der Waals surface area (Å²) in [5, 5.41) is 2.84. The van der Waals surface area contributed by atoms with Gasteiger partial charge < -0.3 is 14.8 Å². The van der Waals surface area contributed by atoms with Gasteiger partial charge >= 0.3 is 5.97 Å². The van der Waals surface area contributed by atoms with Gasteiger partial charge in [0, 0.05) is 6.04 Å². The van der Waals surface area contributed by atoms with Gasteiger partial charge in [-0.15, -0.1) is 0 Å². The topological polar surface area (TPSA) is 67.9 Å². The Morgan fingerprint density at radius 2 is 2.08 bits per heavy atom. The number of hydrogen-bond donors (Lipinski definition) is 1. The minimum absolute atomic E-state index is 0.143. The Kier molecular flexibility index (Phi) is 7.45. The molecule has 1 aliphatic heterocycles. The number of methoxy groups -OCH3 is 2. The zero-order valence-corrected chi connectivity index (χ0v) is 16.2. The molecule has 0 radical (unpaired) electrons. The van der Waals surface area contributed by atoms with Gasteiger partial charge in [-0.2, -0.15) is 0 Å². The first-order valence-electron chi connectivity index (χ1n) is 9.19. The highest BCUT2D eigenvalue weighted by Crippen LogP contribution is 2.33. The van der Waals surface area contributed by atoms with E-state index in [2.05, 4.69) is 16.3 Å². The monoisotopic (exact) mass is 362 g/mol. The Bertz CT molecular complexity index is 618. The average Bonchev–Trinajstić information content (AvgIpc) is 3.08. The van der Waals surface area contributed by atoms with Gasteiger partial charge in [0.2, 0.25) is 5.91 Å². The molecule has 1 fully saturated rings. The van der Waals surface area contributed by atoms with Crippen molar-refractivity contribution < 1.29 is 19.1 Å². The summed E-state index contributed by atoms with van der Waals surface area (Å²) in [4.78, 5) is 26.6. The van der Waals surface area contributed by atoms with Crippen LogP contribution in [0.4, 0.5) is 0 Å². The second kappa shape index (κ2) is 9.57. The van der Waals surface area contributed by atoms with E-state index in [1.165, 1.54) is 7.11 Å². The standard InChI is InChI=1S/C20H30N2O4/c1-14(2)11-17(20(24)26-4)21-19(23)13-22-10-6-9-18(22)15-7-5-8-16(12-15)25-3/h5,7-8,12,14,17-18H,6,9-11,13H2,1-4H3,(H,21,23). The SMILES string of the molecule is COC(=O)C(CC(C)C)NC(=O)CN1CCCC1c1cccc(OC)c1. The van der Waals surface area contributed by atoms with E-state index in [0.29, 0.717) is 6.42 Å². The molecule has 2 rings (SSSR count). The maximum absolute atomic E-state index is 12.5. The molecule has 6 heteroatoms. The number of nitrogens with one attached hydrogen (secondary N) is 1. The number of nitrogens with zero attached hydrogens (tertiary/aromatic N) is 1. The normalized spacial score (nSPS) is 18.6. The summed E-state index contributed by atoms with van der Waals surface area (Å²) < 4.78 is 10.1. The van der Waals surface area contributed by atoms with E-state index in [-0.39, 0.29) is 24.4 Å². The molecule has 1 saturated heterocycles. The Morgan fingerprint density at radius 1 is 1.31 bits per heavy atom.